The van der Waals surface area contributed by atoms with Gasteiger partial charge in [-0.25, -0.2) is 0 Å². The van der Waals surface area contributed by atoms with E-state index >= 15 is 0 Å². The standard InChI is InChI=1S/C11H21NS/c1-3-10-11(9-5-4-6-9)12-8(2)7-13-10/h8-12H,3-7H2,1-2H3. The molecule has 2 aliphatic rings. The molecule has 2 heteroatoms. The zero-order valence-corrected chi connectivity index (χ0v) is 9.57. The van der Waals surface area contributed by atoms with Crippen molar-refractivity contribution in [3.05, 3.63) is 0 Å². The summed E-state index contributed by atoms with van der Waals surface area (Å²) in [6.45, 7) is 4.66. The van der Waals surface area contributed by atoms with Crippen molar-refractivity contribution in [2.45, 2.75) is 56.9 Å². The monoisotopic (exact) mass is 199 g/mol. The molecule has 1 saturated carbocycles. The smallest absolute Gasteiger partial charge is 0.0217 e. The molecule has 76 valence electrons. The van der Waals surface area contributed by atoms with Gasteiger partial charge in [0.05, 0.1) is 0 Å². The van der Waals surface area contributed by atoms with Crippen LogP contribution in [0.25, 0.3) is 0 Å². The Morgan fingerprint density at radius 1 is 1.38 bits per heavy atom. The van der Waals surface area contributed by atoms with Crippen molar-refractivity contribution < 1.29 is 0 Å². The van der Waals surface area contributed by atoms with Gasteiger partial charge in [-0.05, 0) is 32.1 Å². The van der Waals surface area contributed by atoms with Crippen LogP contribution in [0.15, 0.2) is 0 Å². The molecule has 0 radical (unpaired) electrons. The van der Waals surface area contributed by atoms with Gasteiger partial charge in [-0.2, -0.15) is 11.8 Å². The molecule has 1 saturated heterocycles. The quantitative estimate of drug-likeness (QED) is 0.734. The molecule has 0 aromatic carbocycles. The van der Waals surface area contributed by atoms with Gasteiger partial charge in [-0.1, -0.05) is 13.3 Å². The van der Waals surface area contributed by atoms with E-state index in [1.807, 2.05) is 0 Å². The average Bonchev–Trinajstić information content (AvgIpc) is 2.02. The van der Waals surface area contributed by atoms with Crippen LogP contribution in [0.4, 0.5) is 0 Å². The minimum Gasteiger partial charge on any atom is -0.309 e. The summed E-state index contributed by atoms with van der Waals surface area (Å²) < 4.78 is 0. The van der Waals surface area contributed by atoms with Gasteiger partial charge in [0.1, 0.15) is 0 Å². The van der Waals surface area contributed by atoms with Crippen molar-refractivity contribution in [3.8, 4) is 0 Å². The number of rotatable bonds is 2. The van der Waals surface area contributed by atoms with E-state index in [-0.39, 0.29) is 0 Å². The molecule has 1 aliphatic heterocycles. The lowest BCUT2D eigenvalue weighted by atomic mass is 9.77. The maximum Gasteiger partial charge on any atom is 0.0217 e. The topological polar surface area (TPSA) is 12.0 Å². The van der Waals surface area contributed by atoms with E-state index in [2.05, 4.69) is 30.9 Å². The highest BCUT2D eigenvalue weighted by molar-refractivity contribution is 8.00. The van der Waals surface area contributed by atoms with Crippen LogP contribution < -0.4 is 5.32 Å². The third-order valence-corrected chi connectivity index (χ3v) is 5.25. The van der Waals surface area contributed by atoms with Gasteiger partial charge in [-0.15, -0.1) is 0 Å². The minimum atomic E-state index is 0.735. The van der Waals surface area contributed by atoms with Crippen LogP contribution in [0.2, 0.25) is 0 Å². The Bertz CT molecular complexity index is 167. The Balaban J connectivity index is 1.94. The van der Waals surface area contributed by atoms with Gasteiger partial charge in [0.15, 0.2) is 0 Å². The van der Waals surface area contributed by atoms with Crippen LogP contribution in [-0.2, 0) is 0 Å². The lowest BCUT2D eigenvalue weighted by molar-refractivity contribution is 0.210. The third-order valence-electron chi connectivity index (χ3n) is 3.50. The second-order valence-electron chi connectivity index (χ2n) is 4.56. The highest BCUT2D eigenvalue weighted by atomic mass is 32.2. The molecule has 1 heterocycles. The summed E-state index contributed by atoms with van der Waals surface area (Å²) >= 11 is 2.19. The van der Waals surface area contributed by atoms with E-state index in [4.69, 9.17) is 0 Å². The fourth-order valence-corrected chi connectivity index (χ4v) is 3.84. The van der Waals surface area contributed by atoms with Crippen molar-refractivity contribution in [3.63, 3.8) is 0 Å². The van der Waals surface area contributed by atoms with E-state index in [1.165, 1.54) is 31.4 Å². The normalized spacial score (nSPS) is 41.5. The maximum atomic E-state index is 3.80. The summed E-state index contributed by atoms with van der Waals surface area (Å²) in [5, 5.41) is 4.69. The van der Waals surface area contributed by atoms with Gasteiger partial charge >= 0.3 is 0 Å². The molecule has 0 bridgehead atoms. The molecular formula is C11H21NS. The largest absolute Gasteiger partial charge is 0.309 e. The van der Waals surface area contributed by atoms with Crippen molar-refractivity contribution >= 4 is 11.8 Å². The molecule has 0 aromatic heterocycles. The molecule has 1 nitrogen and oxygen atoms in total. The second kappa shape index (κ2) is 4.22. The van der Waals surface area contributed by atoms with Gasteiger partial charge in [-0.3, -0.25) is 0 Å². The predicted octanol–water partition coefficient (Wildman–Crippen LogP) is 2.66. The third kappa shape index (κ3) is 2.04. The van der Waals surface area contributed by atoms with E-state index in [9.17, 15) is 0 Å². The van der Waals surface area contributed by atoms with Crippen LogP contribution in [0, 0.1) is 5.92 Å². The van der Waals surface area contributed by atoms with E-state index in [0.717, 1.165) is 23.3 Å². The molecule has 3 atom stereocenters. The Morgan fingerprint density at radius 3 is 2.69 bits per heavy atom. The van der Waals surface area contributed by atoms with Crippen LogP contribution >= 0.6 is 11.8 Å². The Hall–Kier alpha value is 0.310. The van der Waals surface area contributed by atoms with Crippen molar-refractivity contribution in [1.29, 1.82) is 0 Å². The van der Waals surface area contributed by atoms with Gasteiger partial charge < -0.3 is 5.32 Å². The number of thioether (sulfide) groups is 1. The first-order chi connectivity index (χ1) is 6.31. The van der Waals surface area contributed by atoms with Crippen LogP contribution in [0.5, 0.6) is 0 Å². The van der Waals surface area contributed by atoms with Crippen molar-refractivity contribution in [2.24, 2.45) is 5.92 Å². The summed E-state index contributed by atoms with van der Waals surface area (Å²) in [7, 11) is 0. The number of nitrogens with one attached hydrogen (secondary N) is 1. The highest BCUT2D eigenvalue weighted by Gasteiger charge is 2.35. The Labute approximate surface area is 86.0 Å². The average molecular weight is 199 g/mol. The molecule has 2 fully saturated rings. The summed E-state index contributed by atoms with van der Waals surface area (Å²) in [6, 6.07) is 1.56. The SMILES string of the molecule is CCC1SCC(C)NC1C1CCC1. The van der Waals surface area contributed by atoms with Gasteiger partial charge in [0.25, 0.3) is 0 Å². The fourth-order valence-electron chi connectivity index (χ4n) is 2.47. The fraction of sp³-hybridized carbons (Fsp3) is 1.00. The van der Waals surface area contributed by atoms with Crippen molar-refractivity contribution in [2.75, 3.05) is 5.75 Å². The first-order valence-electron chi connectivity index (χ1n) is 5.69. The molecule has 2 rings (SSSR count). The second-order valence-corrected chi connectivity index (χ2v) is 5.84. The summed E-state index contributed by atoms with van der Waals surface area (Å²) in [5.41, 5.74) is 0. The lowest BCUT2D eigenvalue weighted by Crippen LogP contribution is -2.54. The summed E-state index contributed by atoms with van der Waals surface area (Å²) in [4.78, 5) is 0. The first kappa shape index (κ1) is 9.85. The van der Waals surface area contributed by atoms with Crippen molar-refractivity contribution in [1.82, 2.24) is 5.32 Å². The Morgan fingerprint density at radius 2 is 2.15 bits per heavy atom. The first-order valence-corrected chi connectivity index (χ1v) is 6.73. The van der Waals surface area contributed by atoms with Crippen LogP contribution in [0.3, 0.4) is 0 Å². The molecule has 0 amide bonds. The van der Waals surface area contributed by atoms with Gasteiger partial charge in [0.2, 0.25) is 0 Å². The number of hydrogen-bond acceptors (Lipinski definition) is 2. The summed E-state index contributed by atoms with van der Waals surface area (Å²) in [6.07, 6.45) is 5.76. The Kier molecular flexibility index (Phi) is 3.20. The van der Waals surface area contributed by atoms with E-state index in [0.29, 0.717) is 0 Å². The zero-order chi connectivity index (χ0) is 9.26. The molecule has 1 N–H and O–H groups in total. The van der Waals surface area contributed by atoms with E-state index < -0.39 is 0 Å². The molecule has 0 spiro atoms. The van der Waals surface area contributed by atoms with Crippen LogP contribution in [-0.4, -0.2) is 23.1 Å². The molecule has 3 unspecified atom stereocenters. The minimum absolute atomic E-state index is 0.735. The molecular weight excluding hydrogens is 178 g/mol. The maximum absolute atomic E-state index is 3.80. The van der Waals surface area contributed by atoms with Crippen LogP contribution in [0.1, 0.15) is 39.5 Å². The zero-order valence-electron chi connectivity index (χ0n) is 8.75. The molecule has 1 aliphatic carbocycles. The summed E-state index contributed by atoms with van der Waals surface area (Å²) in [5.74, 6) is 2.31. The highest BCUT2D eigenvalue weighted by Crippen LogP contribution is 2.37. The lowest BCUT2D eigenvalue weighted by Gasteiger charge is -2.43. The van der Waals surface area contributed by atoms with E-state index in [1.54, 1.807) is 0 Å². The molecule has 13 heavy (non-hydrogen) atoms. The number of hydrogen-bond donors (Lipinski definition) is 1. The predicted molar refractivity (Wildman–Crippen MR) is 60.3 cm³/mol. The van der Waals surface area contributed by atoms with Gasteiger partial charge in [0, 0.05) is 23.1 Å². The molecule has 0 aromatic rings.